The molecule has 1 aromatic carbocycles. The first-order valence-corrected chi connectivity index (χ1v) is 9.20. The SMILES string of the molecule is Cc1cccc(NC(=O)c2cc(C)cc(N3CCc4nc(N)ncc4C3)n2)c1. The Bertz CT molecular complexity index is 1050. The minimum Gasteiger partial charge on any atom is -0.368 e. The number of amides is 1. The Hall–Kier alpha value is -3.48. The molecule has 0 fully saturated rings. The molecule has 2 aromatic heterocycles. The summed E-state index contributed by atoms with van der Waals surface area (Å²) in [6.07, 6.45) is 2.54. The van der Waals surface area contributed by atoms with Crippen LogP contribution in [0.15, 0.2) is 42.6 Å². The number of anilines is 3. The maximum Gasteiger partial charge on any atom is 0.274 e. The van der Waals surface area contributed by atoms with E-state index in [0.29, 0.717) is 18.2 Å². The molecule has 0 aliphatic carbocycles. The summed E-state index contributed by atoms with van der Waals surface area (Å²) in [5, 5.41) is 2.92. The topological polar surface area (TPSA) is 97.0 Å². The highest BCUT2D eigenvalue weighted by molar-refractivity contribution is 6.03. The number of nitrogens with two attached hydrogens (primary N) is 1. The number of pyridine rings is 1. The summed E-state index contributed by atoms with van der Waals surface area (Å²) in [6, 6.07) is 11.5. The van der Waals surface area contributed by atoms with E-state index in [1.165, 1.54) is 0 Å². The molecule has 0 radical (unpaired) electrons. The monoisotopic (exact) mass is 374 g/mol. The normalized spacial score (nSPS) is 13.1. The molecule has 7 heteroatoms. The van der Waals surface area contributed by atoms with Gasteiger partial charge in [0.25, 0.3) is 5.91 Å². The number of carbonyl (C=O) groups is 1. The van der Waals surface area contributed by atoms with E-state index in [9.17, 15) is 4.79 Å². The quantitative estimate of drug-likeness (QED) is 0.732. The number of rotatable bonds is 3. The number of carbonyl (C=O) groups excluding carboxylic acids is 1. The molecule has 0 spiro atoms. The van der Waals surface area contributed by atoms with Gasteiger partial charge in [0.2, 0.25) is 5.95 Å². The van der Waals surface area contributed by atoms with E-state index in [4.69, 9.17) is 5.73 Å². The lowest BCUT2D eigenvalue weighted by atomic mass is 10.1. The molecule has 3 N–H and O–H groups in total. The molecular weight excluding hydrogens is 352 g/mol. The van der Waals surface area contributed by atoms with Crippen molar-refractivity contribution in [3.63, 3.8) is 0 Å². The van der Waals surface area contributed by atoms with E-state index >= 15 is 0 Å². The second kappa shape index (κ2) is 7.26. The Balaban J connectivity index is 1.57. The number of hydrogen-bond donors (Lipinski definition) is 2. The van der Waals surface area contributed by atoms with Crippen LogP contribution in [0.4, 0.5) is 17.5 Å². The lowest BCUT2D eigenvalue weighted by Gasteiger charge is -2.29. The van der Waals surface area contributed by atoms with Gasteiger partial charge in [0.1, 0.15) is 11.5 Å². The third kappa shape index (κ3) is 3.78. The summed E-state index contributed by atoms with van der Waals surface area (Å²) < 4.78 is 0. The fourth-order valence-corrected chi connectivity index (χ4v) is 3.37. The fourth-order valence-electron chi connectivity index (χ4n) is 3.37. The van der Waals surface area contributed by atoms with Crippen molar-refractivity contribution in [1.29, 1.82) is 0 Å². The number of nitrogens with one attached hydrogen (secondary N) is 1. The molecule has 1 amide bonds. The zero-order valence-electron chi connectivity index (χ0n) is 15.9. The molecular formula is C21H22N6O. The molecule has 1 aliphatic heterocycles. The Morgan fingerprint density at radius 2 is 2.00 bits per heavy atom. The van der Waals surface area contributed by atoms with Crippen LogP contribution in [0.5, 0.6) is 0 Å². The molecule has 4 rings (SSSR count). The number of aromatic nitrogens is 3. The van der Waals surface area contributed by atoms with Crippen LogP contribution in [0.25, 0.3) is 0 Å². The van der Waals surface area contributed by atoms with Crippen LogP contribution in [-0.4, -0.2) is 27.4 Å². The van der Waals surface area contributed by atoms with Crippen molar-refractivity contribution in [2.24, 2.45) is 0 Å². The number of nitrogen functional groups attached to an aromatic ring is 1. The first-order valence-electron chi connectivity index (χ1n) is 9.20. The maximum absolute atomic E-state index is 12.7. The number of hydrogen-bond acceptors (Lipinski definition) is 6. The van der Waals surface area contributed by atoms with Crippen molar-refractivity contribution in [1.82, 2.24) is 15.0 Å². The van der Waals surface area contributed by atoms with Crippen LogP contribution >= 0.6 is 0 Å². The molecule has 0 saturated heterocycles. The van der Waals surface area contributed by atoms with Gasteiger partial charge in [0.05, 0.1) is 5.69 Å². The zero-order valence-corrected chi connectivity index (χ0v) is 15.9. The van der Waals surface area contributed by atoms with Crippen molar-refractivity contribution in [2.75, 3.05) is 22.5 Å². The van der Waals surface area contributed by atoms with Crippen LogP contribution in [0.3, 0.4) is 0 Å². The number of fused-ring (bicyclic) bond motifs is 1. The molecule has 3 aromatic rings. The molecule has 3 heterocycles. The van der Waals surface area contributed by atoms with Crippen molar-refractivity contribution in [3.8, 4) is 0 Å². The van der Waals surface area contributed by atoms with E-state index in [0.717, 1.165) is 46.9 Å². The van der Waals surface area contributed by atoms with Gasteiger partial charge in [-0.1, -0.05) is 12.1 Å². The van der Waals surface area contributed by atoms with Gasteiger partial charge in [0, 0.05) is 37.0 Å². The number of nitrogens with zero attached hydrogens (tertiary/aromatic N) is 4. The number of benzene rings is 1. The van der Waals surface area contributed by atoms with Crippen molar-refractivity contribution >= 4 is 23.4 Å². The third-order valence-electron chi connectivity index (χ3n) is 4.74. The summed E-state index contributed by atoms with van der Waals surface area (Å²) in [4.78, 5) is 27.9. The second-order valence-electron chi connectivity index (χ2n) is 7.08. The average Bonchev–Trinajstić information content (AvgIpc) is 2.67. The molecule has 142 valence electrons. The average molecular weight is 374 g/mol. The minimum atomic E-state index is -0.218. The van der Waals surface area contributed by atoms with E-state index in [2.05, 4.69) is 25.2 Å². The van der Waals surface area contributed by atoms with Gasteiger partial charge in [-0.25, -0.2) is 15.0 Å². The van der Waals surface area contributed by atoms with Crippen LogP contribution in [0.2, 0.25) is 0 Å². The van der Waals surface area contributed by atoms with Crippen molar-refractivity contribution in [2.45, 2.75) is 26.8 Å². The van der Waals surface area contributed by atoms with Gasteiger partial charge in [-0.2, -0.15) is 0 Å². The van der Waals surface area contributed by atoms with E-state index < -0.39 is 0 Å². The van der Waals surface area contributed by atoms with Gasteiger partial charge in [-0.05, 0) is 49.2 Å². The van der Waals surface area contributed by atoms with Crippen LogP contribution in [0, 0.1) is 13.8 Å². The van der Waals surface area contributed by atoms with Crippen molar-refractivity contribution < 1.29 is 4.79 Å². The minimum absolute atomic E-state index is 0.218. The Labute approximate surface area is 163 Å². The predicted octanol–water partition coefficient (Wildman–Crippen LogP) is 2.89. The highest BCUT2D eigenvalue weighted by Crippen LogP contribution is 2.23. The Morgan fingerprint density at radius 3 is 2.82 bits per heavy atom. The van der Waals surface area contributed by atoms with Gasteiger partial charge in [-0.3, -0.25) is 4.79 Å². The zero-order chi connectivity index (χ0) is 19.7. The highest BCUT2D eigenvalue weighted by atomic mass is 16.1. The van der Waals surface area contributed by atoms with Gasteiger partial charge >= 0.3 is 0 Å². The van der Waals surface area contributed by atoms with Crippen LogP contribution in [-0.2, 0) is 13.0 Å². The van der Waals surface area contributed by atoms with Gasteiger partial charge in [-0.15, -0.1) is 0 Å². The van der Waals surface area contributed by atoms with Gasteiger partial charge < -0.3 is 16.0 Å². The first kappa shape index (κ1) is 17.9. The van der Waals surface area contributed by atoms with E-state index in [-0.39, 0.29) is 5.91 Å². The maximum atomic E-state index is 12.7. The largest absolute Gasteiger partial charge is 0.368 e. The predicted molar refractivity (Wildman–Crippen MR) is 109 cm³/mol. The van der Waals surface area contributed by atoms with Gasteiger partial charge in [0.15, 0.2) is 0 Å². The van der Waals surface area contributed by atoms with Crippen molar-refractivity contribution in [3.05, 3.63) is 70.7 Å². The number of aryl methyl sites for hydroxylation is 2. The Morgan fingerprint density at radius 1 is 1.14 bits per heavy atom. The summed E-state index contributed by atoms with van der Waals surface area (Å²) in [7, 11) is 0. The molecule has 0 unspecified atom stereocenters. The summed E-state index contributed by atoms with van der Waals surface area (Å²) in [5.74, 6) is 0.858. The highest BCUT2D eigenvalue weighted by Gasteiger charge is 2.21. The van der Waals surface area contributed by atoms with E-state index in [1.807, 2.05) is 44.2 Å². The lowest BCUT2D eigenvalue weighted by Crippen LogP contribution is -2.32. The first-order chi connectivity index (χ1) is 13.5. The summed E-state index contributed by atoms with van der Waals surface area (Å²) in [5.41, 5.74) is 10.9. The third-order valence-corrected chi connectivity index (χ3v) is 4.74. The Kier molecular flexibility index (Phi) is 4.65. The molecule has 28 heavy (non-hydrogen) atoms. The smallest absolute Gasteiger partial charge is 0.274 e. The van der Waals surface area contributed by atoms with Crippen LogP contribution < -0.4 is 16.0 Å². The fraction of sp³-hybridized carbons (Fsp3) is 0.238. The standard InChI is InChI=1S/C21H22N6O/c1-13-4-3-5-16(8-13)24-20(28)18-9-14(2)10-19(25-18)27-7-6-17-15(12-27)11-23-21(22)26-17/h3-5,8-11H,6-7,12H2,1-2H3,(H,24,28)(H2,22,23,26). The van der Waals surface area contributed by atoms with Crippen LogP contribution in [0.1, 0.15) is 32.9 Å². The van der Waals surface area contributed by atoms with E-state index in [1.54, 1.807) is 12.3 Å². The molecule has 0 saturated carbocycles. The molecule has 7 nitrogen and oxygen atoms in total. The summed E-state index contributed by atoms with van der Waals surface area (Å²) in [6.45, 7) is 5.37. The molecule has 0 bridgehead atoms. The lowest BCUT2D eigenvalue weighted by molar-refractivity contribution is 0.102. The molecule has 0 atom stereocenters. The second-order valence-corrected chi connectivity index (χ2v) is 7.08. The summed E-state index contributed by atoms with van der Waals surface area (Å²) >= 11 is 0. The molecule has 1 aliphatic rings.